The van der Waals surface area contributed by atoms with Crippen LogP contribution in [-0.2, 0) is 16.6 Å². The SMILES string of the molecule is CCS(=O)(=O)NCc1ccc(C(=O)N2CC[C@@H]3CNC[C@@H]3CC2)cc1.Cl. The van der Waals surface area contributed by atoms with E-state index in [-0.39, 0.29) is 30.6 Å². The van der Waals surface area contributed by atoms with Crippen LogP contribution in [0.15, 0.2) is 24.3 Å². The summed E-state index contributed by atoms with van der Waals surface area (Å²) in [4.78, 5) is 14.7. The summed E-state index contributed by atoms with van der Waals surface area (Å²) < 4.78 is 25.5. The normalized spacial score (nSPS) is 23.0. The quantitative estimate of drug-likeness (QED) is 0.785. The van der Waals surface area contributed by atoms with Gasteiger partial charge < -0.3 is 10.2 Å². The van der Waals surface area contributed by atoms with E-state index in [9.17, 15) is 13.2 Å². The molecule has 2 N–H and O–H groups in total. The minimum absolute atomic E-state index is 0. The summed E-state index contributed by atoms with van der Waals surface area (Å²) in [5.74, 6) is 1.54. The molecule has 2 atom stereocenters. The molecule has 2 aliphatic rings. The Labute approximate surface area is 162 Å². The van der Waals surface area contributed by atoms with Crippen molar-refractivity contribution in [3.8, 4) is 0 Å². The Hall–Kier alpha value is -1.15. The summed E-state index contributed by atoms with van der Waals surface area (Å²) in [7, 11) is -3.20. The Bertz CT molecular complexity index is 695. The van der Waals surface area contributed by atoms with Crippen molar-refractivity contribution in [2.75, 3.05) is 31.9 Å². The second-order valence-corrected chi connectivity index (χ2v) is 9.06. The van der Waals surface area contributed by atoms with Crippen LogP contribution in [0.5, 0.6) is 0 Å². The molecular formula is C18H28ClN3O3S. The molecule has 8 heteroatoms. The van der Waals surface area contributed by atoms with Crippen LogP contribution in [0.1, 0.15) is 35.7 Å². The Kier molecular flexibility index (Phi) is 7.46. The van der Waals surface area contributed by atoms with Gasteiger partial charge in [0, 0.05) is 25.2 Å². The number of nitrogens with one attached hydrogen (secondary N) is 2. The second kappa shape index (κ2) is 9.17. The van der Waals surface area contributed by atoms with Crippen LogP contribution in [0.3, 0.4) is 0 Å². The molecule has 0 bridgehead atoms. The van der Waals surface area contributed by atoms with E-state index in [1.807, 2.05) is 17.0 Å². The zero-order valence-corrected chi connectivity index (χ0v) is 16.7. The molecule has 0 unspecified atom stereocenters. The average Bonchev–Trinajstić information content (AvgIpc) is 2.98. The van der Waals surface area contributed by atoms with E-state index in [1.165, 1.54) is 0 Å². The molecule has 0 aromatic heterocycles. The van der Waals surface area contributed by atoms with Gasteiger partial charge in [0.15, 0.2) is 0 Å². The Morgan fingerprint density at radius 3 is 2.27 bits per heavy atom. The molecule has 6 nitrogen and oxygen atoms in total. The van der Waals surface area contributed by atoms with Crippen molar-refractivity contribution >= 4 is 28.3 Å². The molecule has 0 radical (unpaired) electrons. The second-order valence-electron chi connectivity index (χ2n) is 6.97. The average molecular weight is 402 g/mol. The lowest BCUT2D eigenvalue weighted by atomic mass is 9.92. The van der Waals surface area contributed by atoms with Crippen LogP contribution in [0.2, 0.25) is 0 Å². The van der Waals surface area contributed by atoms with Crippen molar-refractivity contribution in [1.82, 2.24) is 14.9 Å². The lowest BCUT2D eigenvalue weighted by Gasteiger charge is -2.21. The van der Waals surface area contributed by atoms with Gasteiger partial charge in [-0.2, -0.15) is 0 Å². The molecule has 0 saturated carbocycles. The van der Waals surface area contributed by atoms with Gasteiger partial charge in [0.1, 0.15) is 0 Å². The molecule has 2 heterocycles. The predicted octanol–water partition coefficient (Wildman–Crippen LogP) is 1.62. The van der Waals surface area contributed by atoms with Crippen molar-refractivity contribution in [2.45, 2.75) is 26.3 Å². The molecule has 2 aliphatic heterocycles. The van der Waals surface area contributed by atoms with Crippen molar-refractivity contribution < 1.29 is 13.2 Å². The van der Waals surface area contributed by atoms with Gasteiger partial charge in [-0.25, -0.2) is 13.1 Å². The van der Waals surface area contributed by atoms with Gasteiger partial charge in [-0.3, -0.25) is 4.79 Å². The number of halogens is 1. The monoisotopic (exact) mass is 401 g/mol. The maximum atomic E-state index is 12.7. The van der Waals surface area contributed by atoms with Crippen LogP contribution in [0.25, 0.3) is 0 Å². The number of fused-ring (bicyclic) bond motifs is 1. The number of carbonyl (C=O) groups excluding carboxylic acids is 1. The van der Waals surface area contributed by atoms with Gasteiger partial charge in [-0.15, -0.1) is 12.4 Å². The molecule has 3 rings (SSSR count). The van der Waals surface area contributed by atoms with Crippen LogP contribution in [-0.4, -0.2) is 51.2 Å². The smallest absolute Gasteiger partial charge is 0.253 e. The first-order chi connectivity index (χ1) is 12.0. The van der Waals surface area contributed by atoms with E-state index in [2.05, 4.69) is 10.0 Å². The molecule has 0 spiro atoms. The Morgan fingerprint density at radius 1 is 1.15 bits per heavy atom. The van der Waals surface area contributed by atoms with Crippen molar-refractivity contribution in [1.29, 1.82) is 0 Å². The number of nitrogens with zero attached hydrogens (tertiary/aromatic N) is 1. The van der Waals surface area contributed by atoms with E-state index in [0.717, 1.165) is 44.6 Å². The van der Waals surface area contributed by atoms with E-state index in [0.29, 0.717) is 17.4 Å². The number of carbonyl (C=O) groups is 1. The predicted molar refractivity (Wildman–Crippen MR) is 105 cm³/mol. The zero-order valence-electron chi connectivity index (χ0n) is 15.1. The molecule has 26 heavy (non-hydrogen) atoms. The van der Waals surface area contributed by atoms with Gasteiger partial charge in [-0.1, -0.05) is 12.1 Å². The van der Waals surface area contributed by atoms with Gasteiger partial charge in [-0.05, 0) is 62.4 Å². The minimum Gasteiger partial charge on any atom is -0.339 e. The number of hydrogen-bond acceptors (Lipinski definition) is 4. The molecule has 1 amide bonds. The van der Waals surface area contributed by atoms with Crippen LogP contribution in [0, 0.1) is 11.8 Å². The number of amides is 1. The third-order valence-corrected chi connectivity index (χ3v) is 6.73. The summed E-state index contributed by atoms with van der Waals surface area (Å²) in [5, 5.41) is 3.45. The minimum atomic E-state index is -3.20. The van der Waals surface area contributed by atoms with Crippen molar-refractivity contribution in [3.63, 3.8) is 0 Å². The lowest BCUT2D eigenvalue weighted by Crippen LogP contribution is -2.32. The third kappa shape index (κ3) is 5.19. The summed E-state index contributed by atoms with van der Waals surface area (Å²) in [6, 6.07) is 7.24. The van der Waals surface area contributed by atoms with E-state index >= 15 is 0 Å². The standard InChI is InChI=1S/C18H27N3O3S.ClH/c1-2-25(23,24)20-11-14-3-5-15(6-4-14)18(22)21-9-7-16-12-19-13-17(16)8-10-21;/h3-6,16-17,19-20H,2,7-13H2,1H3;1H/t16-,17+;. The van der Waals surface area contributed by atoms with E-state index in [1.54, 1.807) is 19.1 Å². The first-order valence-electron chi connectivity index (χ1n) is 9.05. The first-order valence-corrected chi connectivity index (χ1v) is 10.7. The molecule has 2 fully saturated rings. The summed E-state index contributed by atoms with van der Waals surface area (Å²) in [5.41, 5.74) is 1.53. The molecular weight excluding hydrogens is 374 g/mol. The number of likely N-dealkylation sites (tertiary alicyclic amines) is 1. The summed E-state index contributed by atoms with van der Waals surface area (Å²) in [6.07, 6.45) is 2.14. The summed E-state index contributed by atoms with van der Waals surface area (Å²) >= 11 is 0. The van der Waals surface area contributed by atoms with E-state index in [4.69, 9.17) is 0 Å². The molecule has 1 aromatic rings. The van der Waals surface area contributed by atoms with Gasteiger partial charge in [0.25, 0.3) is 5.91 Å². The van der Waals surface area contributed by atoms with Crippen LogP contribution in [0.4, 0.5) is 0 Å². The lowest BCUT2D eigenvalue weighted by molar-refractivity contribution is 0.0758. The van der Waals surface area contributed by atoms with Gasteiger partial charge >= 0.3 is 0 Å². The summed E-state index contributed by atoms with van der Waals surface area (Å²) in [6.45, 7) is 5.66. The van der Waals surface area contributed by atoms with E-state index < -0.39 is 10.0 Å². The van der Waals surface area contributed by atoms with Crippen LogP contribution >= 0.6 is 12.4 Å². The van der Waals surface area contributed by atoms with Crippen LogP contribution < -0.4 is 10.0 Å². The highest BCUT2D eigenvalue weighted by Gasteiger charge is 2.31. The van der Waals surface area contributed by atoms with Crippen molar-refractivity contribution in [2.24, 2.45) is 11.8 Å². The number of sulfonamides is 1. The number of benzene rings is 1. The fourth-order valence-corrected chi connectivity index (χ4v) is 4.26. The Balaban J connectivity index is 0.00000243. The largest absolute Gasteiger partial charge is 0.339 e. The highest BCUT2D eigenvalue weighted by Crippen LogP contribution is 2.27. The number of hydrogen-bond donors (Lipinski definition) is 2. The zero-order chi connectivity index (χ0) is 17.9. The van der Waals surface area contributed by atoms with Crippen molar-refractivity contribution in [3.05, 3.63) is 35.4 Å². The highest BCUT2D eigenvalue weighted by atomic mass is 35.5. The number of rotatable bonds is 5. The molecule has 0 aliphatic carbocycles. The first kappa shape index (κ1) is 21.2. The molecule has 146 valence electrons. The fraction of sp³-hybridized carbons (Fsp3) is 0.611. The maximum absolute atomic E-state index is 12.7. The maximum Gasteiger partial charge on any atom is 0.253 e. The van der Waals surface area contributed by atoms with Gasteiger partial charge in [0.2, 0.25) is 10.0 Å². The third-order valence-electron chi connectivity index (χ3n) is 5.38. The fourth-order valence-electron chi connectivity index (χ4n) is 3.66. The topological polar surface area (TPSA) is 78.5 Å². The highest BCUT2D eigenvalue weighted by molar-refractivity contribution is 7.89. The molecule has 2 saturated heterocycles. The van der Waals surface area contributed by atoms with Gasteiger partial charge in [0.05, 0.1) is 5.75 Å². The molecule has 1 aromatic carbocycles. The Morgan fingerprint density at radius 2 is 1.73 bits per heavy atom.